The second-order valence-electron chi connectivity index (χ2n) is 1.73. The van der Waals surface area contributed by atoms with Gasteiger partial charge in [0.15, 0.2) is 0 Å². The molecule has 0 amide bonds. The molecular weight excluding hydrogens is 153 g/mol. The number of pyridine rings is 1. The van der Waals surface area contributed by atoms with Crippen molar-refractivity contribution >= 4 is 5.97 Å². The number of nitrogens with zero attached hydrogens (tertiary/aromatic N) is 1. The van der Waals surface area contributed by atoms with Crippen LogP contribution in [0.4, 0.5) is 0 Å². The molecule has 0 N–H and O–H groups in total. The van der Waals surface area contributed by atoms with E-state index >= 15 is 0 Å². The summed E-state index contributed by atoms with van der Waals surface area (Å²) in [5, 5.41) is 0. The van der Waals surface area contributed by atoms with Gasteiger partial charge in [-0.1, -0.05) is 0 Å². The van der Waals surface area contributed by atoms with Crippen LogP contribution in [0, 0.1) is 0 Å². The molecule has 0 radical (unpaired) electrons. The molecule has 0 aliphatic carbocycles. The van der Waals surface area contributed by atoms with Crippen molar-refractivity contribution in [3.8, 4) is 0 Å². The van der Waals surface area contributed by atoms with E-state index in [0.29, 0.717) is 5.56 Å². The Morgan fingerprint density at radius 2 is 2.45 bits per heavy atom. The third kappa shape index (κ3) is 3.01. The number of ether oxygens (including phenoxy) is 1. The Balaban J connectivity index is 0. The zero-order valence-electron chi connectivity index (χ0n) is 7.57. The Bertz CT molecular complexity index is 230. The summed E-state index contributed by atoms with van der Waals surface area (Å²) in [5.41, 5.74) is 0.477. The molecule has 54 valence electrons. The Hall–Kier alpha value is -0.380. The summed E-state index contributed by atoms with van der Waals surface area (Å²) in [6.45, 7) is 0. The number of rotatable bonds is 1. The summed E-state index contributed by atoms with van der Waals surface area (Å²) in [7, 11) is 1.34. The third-order valence-electron chi connectivity index (χ3n) is 1.08. The van der Waals surface area contributed by atoms with E-state index in [4.69, 9.17) is 0 Å². The maximum atomic E-state index is 10.8. The van der Waals surface area contributed by atoms with Gasteiger partial charge in [-0.2, -0.15) is 0 Å². The van der Waals surface area contributed by atoms with Gasteiger partial charge in [0.2, 0.25) is 0 Å². The molecule has 1 rings (SSSR count). The van der Waals surface area contributed by atoms with Crippen LogP contribution >= 0.6 is 0 Å². The number of carbonyl (C=O) groups excluding carboxylic acids is 1. The molecule has 0 saturated heterocycles. The van der Waals surface area contributed by atoms with Gasteiger partial charge < -0.3 is 6.16 Å². The summed E-state index contributed by atoms with van der Waals surface area (Å²) >= 11 is 0. The number of esters is 1. The first kappa shape index (κ1) is 10.6. The van der Waals surface area contributed by atoms with Crippen LogP contribution in [0.1, 0.15) is 11.8 Å². The fourth-order valence-electron chi connectivity index (χ4n) is 0.601. The van der Waals surface area contributed by atoms with Gasteiger partial charge in [-0.3, -0.25) is 4.98 Å². The first-order valence-electron chi connectivity index (χ1n) is 2.83. The van der Waals surface area contributed by atoms with Gasteiger partial charge in [0.05, 0.1) is 12.7 Å². The molecule has 4 heteroatoms. The van der Waals surface area contributed by atoms with Crippen molar-refractivity contribution < 1.29 is 40.5 Å². The van der Waals surface area contributed by atoms with Crippen LogP contribution in [0.15, 0.2) is 24.5 Å². The van der Waals surface area contributed by atoms with Gasteiger partial charge in [-0.15, -0.1) is 0 Å². The first-order valence-corrected chi connectivity index (χ1v) is 2.83. The minimum atomic E-state index is -0.354. The molecule has 0 spiro atoms. The molecule has 0 bridgehead atoms. The Morgan fingerprint density at radius 1 is 1.73 bits per heavy atom. The molecule has 11 heavy (non-hydrogen) atoms. The normalized spacial score (nSPS) is 8.09. The fourth-order valence-corrected chi connectivity index (χ4v) is 0.601. The van der Waals surface area contributed by atoms with Crippen LogP contribution in [0.5, 0.6) is 0 Å². The van der Waals surface area contributed by atoms with Gasteiger partial charge in [-0.25, -0.2) is 4.79 Å². The minimum absolute atomic E-state index is 0. The predicted octanol–water partition coefficient (Wildman–Crippen LogP) is -2.02. The van der Waals surface area contributed by atoms with Gasteiger partial charge in [0.1, 0.15) is 0 Å². The molecule has 1 aromatic rings. The second kappa shape index (κ2) is 5.29. The van der Waals surface area contributed by atoms with Crippen LogP contribution in [0.2, 0.25) is 0 Å². The standard InChI is InChI=1S/C7H7NO2.Na.H/c1-10-7(9)6-3-2-4-8-5-6;;/h2-5H,1H3;;/q;+1;-1. The zero-order chi connectivity index (χ0) is 7.40. The second-order valence-corrected chi connectivity index (χ2v) is 1.73. The molecule has 0 unspecified atom stereocenters. The van der Waals surface area contributed by atoms with E-state index in [0.717, 1.165) is 0 Å². The van der Waals surface area contributed by atoms with E-state index in [2.05, 4.69) is 9.72 Å². The molecule has 1 aromatic heterocycles. The first-order chi connectivity index (χ1) is 4.84. The fraction of sp³-hybridized carbons (Fsp3) is 0.143. The number of carbonyl (C=O) groups is 1. The van der Waals surface area contributed by atoms with Gasteiger partial charge in [0.25, 0.3) is 0 Å². The van der Waals surface area contributed by atoms with Crippen molar-refractivity contribution in [3.63, 3.8) is 0 Å². The predicted molar refractivity (Wildman–Crippen MR) is 36.7 cm³/mol. The van der Waals surface area contributed by atoms with Crippen LogP contribution in [-0.2, 0) is 4.74 Å². The van der Waals surface area contributed by atoms with Crippen LogP contribution in [0.25, 0.3) is 0 Å². The van der Waals surface area contributed by atoms with Crippen molar-refractivity contribution in [2.24, 2.45) is 0 Å². The van der Waals surface area contributed by atoms with E-state index in [-0.39, 0.29) is 37.0 Å². The van der Waals surface area contributed by atoms with Gasteiger partial charge >= 0.3 is 35.5 Å². The Labute approximate surface area is 88.6 Å². The molecule has 3 nitrogen and oxygen atoms in total. The summed E-state index contributed by atoms with van der Waals surface area (Å²) in [6, 6.07) is 3.34. The molecule has 0 fully saturated rings. The summed E-state index contributed by atoms with van der Waals surface area (Å²) in [6.07, 6.45) is 3.07. The monoisotopic (exact) mass is 161 g/mol. The van der Waals surface area contributed by atoms with Crippen LogP contribution < -0.4 is 29.6 Å². The van der Waals surface area contributed by atoms with Crippen LogP contribution in [0.3, 0.4) is 0 Å². The maximum Gasteiger partial charge on any atom is 1.00 e. The Kier molecular flexibility index (Phi) is 5.11. The summed E-state index contributed by atoms with van der Waals surface area (Å²) in [5.74, 6) is -0.354. The molecule has 1 heterocycles. The van der Waals surface area contributed by atoms with E-state index < -0.39 is 0 Å². The Morgan fingerprint density at radius 3 is 2.91 bits per heavy atom. The van der Waals surface area contributed by atoms with Crippen molar-refractivity contribution in [2.45, 2.75) is 0 Å². The average Bonchev–Trinajstić information content (AvgIpc) is 2.05. The summed E-state index contributed by atoms with van der Waals surface area (Å²) < 4.78 is 4.46. The molecule has 0 atom stereocenters. The van der Waals surface area contributed by atoms with E-state index in [1.54, 1.807) is 18.3 Å². The van der Waals surface area contributed by atoms with E-state index in [1.807, 2.05) is 0 Å². The number of methoxy groups -OCH3 is 1. The van der Waals surface area contributed by atoms with Gasteiger partial charge in [-0.05, 0) is 12.1 Å². The third-order valence-corrected chi connectivity index (χ3v) is 1.08. The number of hydrogen-bond acceptors (Lipinski definition) is 3. The molecule has 0 saturated carbocycles. The molecule has 0 aromatic carbocycles. The largest absolute Gasteiger partial charge is 1.00 e. The SMILES string of the molecule is COC(=O)c1cccnc1.[H-].[Na+]. The van der Waals surface area contributed by atoms with E-state index in [9.17, 15) is 4.79 Å². The average molecular weight is 161 g/mol. The quantitative estimate of drug-likeness (QED) is 0.353. The molecule has 0 aliphatic heterocycles. The van der Waals surface area contributed by atoms with Crippen molar-refractivity contribution in [1.29, 1.82) is 0 Å². The molecular formula is C7H8NNaO2. The van der Waals surface area contributed by atoms with Crippen LogP contribution in [-0.4, -0.2) is 18.1 Å². The van der Waals surface area contributed by atoms with Crippen molar-refractivity contribution in [2.75, 3.05) is 7.11 Å². The molecule has 0 aliphatic rings. The van der Waals surface area contributed by atoms with Crippen molar-refractivity contribution in [1.82, 2.24) is 4.98 Å². The number of hydrogen-bond donors (Lipinski definition) is 0. The topological polar surface area (TPSA) is 39.2 Å². The number of aromatic nitrogens is 1. The minimum Gasteiger partial charge on any atom is -1.00 e. The smallest absolute Gasteiger partial charge is 1.00 e. The zero-order valence-corrected chi connectivity index (χ0v) is 8.57. The van der Waals surface area contributed by atoms with Gasteiger partial charge in [0, 0.05) is 12.4 Å². The summed E-state index contributed by atoms with van der Waals surface area (Å²) in [4.78, 5) is 14.5. The van der Waals surface area contributed by atoms with E-state index in [1.165, 1.54) is 13.3 Å². The van der Waals surface area contributed by atoms with Crippen molar-refractivity contribution in [3.05, 3.63) is 30.1 Å². The maximum absolute atomic E-state index is 10.8.